The normalized spacial score (nSPS) is 21.4. The van der Waals surface area contributed by atoms with Crippen LogP contribution in [0.25, 0.3) is 10.8 Å². The van der Waals surface area contributed by atoms with Crippen LogP contribution in [-0.4, -0.2) is 11.0 Å². The molecule has 3 rings (SSSR count). The Balaban J connectivity index is 2.03. The first kappa shape index (κ1) is 10.4. The molecule has 1 saturated carbocycles. The van der Waals surface area contributed by atoms with Crippen molar-refractivity contribution in [2.45, 2.75) is 26.3 Å². The number of fused-ring (bicyclic) bond motifs is 1. The molecule has 3 N–H and O–H groups in total. The summed E-state index contributed by atoms with van der Waals surface area (Å²) in [5, 5.41) is 5.76. The van der Waals surface area contributed by atoms with Gasteiger partial charge < -0.3 is 11.1 Å². The molecule has 1 aliphatic rings. The lowest BCUT2D eigenvalue weighted by atomic mass is 10.1. The Bertz CT molecular complexity index is 575. The fourth-order valence-electron chi connectivity index (χ4n) is 2.24. The van der Waals surface area contributed by atoms with E-state index in [2.05, 4.69) is 24.1 Å². The number of hydrogen-bond donors (Lipinski definition) is 2. The molecule has 17 heavy (non-hydrogen) atoms. The largest absolute Gasteiger partial charge is 0.398 e. The van der Waals surface area contributed by atoms with Gasteiger partial charge in [0.05, 0.1) is 0 Å². The van der Waals surface area contributed by atoms with Crippen molar-refractivity contribution in [1.29, 1.82) is 0 Å². The molecule has 0 saturated heterocycles. The molecule has 3 nitrogen and oxygen atoms in total. The summed E-state index contributed by atoms with van der Waals surface area (Å²) < 4.78 is 0. The molecule has 1 unspecified atom stereocenters. The third-order valence-corrected chi connectivity index (χ3v) is 3.69. The number of nitrogens with zero attached hydrogens (tertiary/aromatic N) is 1. The Morgan fingerprint density at radius 1 is 1.29 bits per heavy atom. The van der Waals surface area contributed by atoms with Crippen molar-refractivity contribution < 1.29 is 0 Å². The molecule has 1 aromatic carbocycles. The van der Waals surface area contributed by atoms with Gasteiger partial charge in [-0.1, -0.05) is 13.8 Å². The monoisotopic (exact) mass is 227 g/mol. The maximum Gasteiger partial charge on any atom is 0.0439 e. The zero-order valence-corrected chi connectivity index (χ0v) is 10.2. The summed E-state index contributed by atoms with van der Waals surface area (Å²) in [5.41, 5.74) is 8.33. The second-order valence-corrected chi connectivity index (χ2v) is 5.51. The number of nitrogen functional groups attached to an aromatic ring is 1. The number of nitrogens with one attached hydrogen (secondary N) is 1. The van der Waals surface area contributed by atoms with E-state index in [-0.39, 0.29) is 0 Å². The second-order valence-electron chi connectivity index (χ2n) is 5.51. The minimum absolute atomic E-state index is 0.413. The van der Waals surface area contributed by atoms with Crippen LogP contribution in [0.3, 0.4) is 0 Å². The van der Waals surface area contributed by atoms with Crippen molar-refractivity contribution in [3.63, 3.8) is 0 Å². The fraction of sp³-hybridized carbons (Fsp3) is 0.357. The van der Waals surface area contributed by atoms with Crippen molar-refractivity contribution in [3.8, 4) is 0 Å². The van der Waals surface area contributed by atoms with E-state index in [0.29, 0.717) is 11.5 Å². The van der Waals surface area contributed by atoms with Crippen LogP contribution in [0.4, 0.5) is 11.4 Å². The van der Waals surface area contributed by atoms with Gasteiger partial charge in [-0.05, 0) is 30.0 Å². The van der Waals surface area contributed by atoms with Crippen molar-refractivity contribution in [2.24, 2.45) is 5.41 Å². The molecule has 1 aromatic heterocycles. The smallest absolute Gasteiger partial charge is 0.0439 e. The fourth-order valence-corrected chi connectivity index (χ4v) is 2.24. The van der Waals surface area contributed by atoms with Gasteiger partial charge in [-0.2, -0.15) is 0 Å². The van der Waals surface area contributed by atoms with Gasteiger partial charge in [-0.3, -0.25) is 4.98 Å². The predicted octanol–water partition coefficient (Wildman–Crippen LogP) is 3.03. The molecular formula is C14H17N3. The van der Waals surface area contributed by atoms with Crippen molar-refractivity contribution >= 4 is 22.1 Å². The molecule has 1 aliphatic carbocycles. The van der Waals surface area contributed by atoms with E-state index in [0.717, 1.165) is 22.1 Å². The van der Waals surface area contributed by atoms with Crippen LogP contribution >= 0.6 is 0 Å². The molecule has 2 aromatic rings. The van der Waals surface area contributed by atoms with E-state index >= 15 is 0 Å². The lowest BCUT2D eigenvalue weighted by Crippen LogP contribution is -2.08. The Hall–Kier alpha value is -1.77. The third kappa shape index (κ3) is 1.71. The third-order valence-electron chi connectivity index (χ3n) is 3.69. The molecular weight excluding hydrogens is 210 g/mol. The van der Waals surface area contributed by atoms with Gasteiger partial charge in [0, 0.05) is 40.6 Å². The standard InChI is InChI=1S/C14H17N3/c1-14(2)7-13(14)17-12-4-3-11(15)9-5-6-16-8-10(9)12/h3-6,8,13,17H,7,15H2,1-2H3. The molecule has 0 bridgehead atoms. The topological polar surface area (TPSA) is 50.9 Å². The first-order valence-corrected chi connectivity index (χ1v) is 5.97. The summed E-state index contributed by atoms with van der Waals surface area (Å²) in [7, 11) is 0. The lowest BCUT2D eigenvalue weighted by Gasteiger charge is -2.12. The average molecular weight is 227 g/mol. The van der Waals surface area contributed by atoms with Crippen molar-refractivity contribution in [2.75, 3.05) is 11.1 Å². The van der Waals surface area contributed by atoms with Gasteiger partial charge in [0.1, 0.15) is 0 Å². The molecule has 88 valence electrons. The van der Waals surface area contributed by atoms with Gasteiger partial charge in [-0.25, -0.2) is 0 Å². The second kappa shape index (κ2) is 3.36. The highest BCUT2D eigenvalue weighted by Crippen LogP contribution is 2.47. The summed E-state index contributed by atoms with van der Waals surface area (Å²) in [5.74, 6) is 0. The Morgan fingerprint density at radius 3 is 2.76 bits per heavy atom. The van der Waals surface area contributed by atoms with Crippen molar-refractivity contribution in [1.82, 2.24) is 4.98 Å². The predicted molar refractivity (Wildman–Crippen MR) is 72.0 cm³/mol. The van der Waals surface area contributed by atoms with Crippen LogP contribution in [0.5, 0.6) is 0 Å². The number of aromatic nitrogens is 1. The van der Waals surface area contributed by atoms with Gasteiger partial charge in [0.15, 0.2) is 0 Å². The molecule has 0 spiro atoms. The number of anilines is 2. The average Bonchev–Trinajstić information content (AvgIpc) is 2.91. The molecule has 3 heteroatoms. The molecule has 0 aliphatic heterocycles. The van der Waals surface area contributed by atoms with Crippen LogP contribution in [-0.2, 0) is 0 Å². The first-order chi connectivity index (χ1) is 8.08. The SMILES string of the molecule is CC1(C)CC1Nc1ccc(N)c2ccncc12. The number of pyridine rings is 1. The lowest BCUT2D eigenvalue weighted by molar-refractivity contribution is 0.631. The highest BCUT2D eigenvalue weighted by molar-refractivity contribution is 6.00. The van der Waals surface area contributed by atoms with Crippen molar-refractivity contribution in [3.05, 3.63) is 30.6 Å². The minimum atomic E-state index is 0.413. The Morgan fingerprint density at radius 2 is 2.06 bits per heavy atom. The van der Waals surface area contributed by atoms with E-state index in [1.54, 1.807) is 6.20 Å². The molecule has 1 atom stereocenters. The Labute approximate surface area is 101 Å². The van der Waals surface area contributed by atoms with Gasteiger partial charge >= 0.3 is 0 Å². The molecule has 1 heterocycles. The highest BCUT2D eigenvalue weighted by Gasteiger charge is 2.45. The van der Waals surface area contributed by atoms with E-state index in [1.165, 1.54) is 6.42 Å². The summed E-state index contributed by atoms with van der Waals surface area (Å²) >= 11 is 0. The van der Waals surface area contributed by atoms with Crippen LogP contribution < -0.4 is 11.1 Å². The highest BCUT2D eigenvalue weighted by atomic mass is 15.0. The van der Waals surface area contributed by atoms with Gasteiger partial charge in [0.25, 0.3) is 0 Å². The van der Waals surface area contributed by atoms with Crippen LogP contribution in [0, 0.1) is 5.41 Å². The maximum absolute atomic E-state index is 5.97. The first-order valence-electron chi connectivity index (χ1n) is 5.97. The summed E-state index contributed by atoms with van der Waals surface area (Å²) in [6.45, 7) is 4.56. The van der Waals surface area contributed by atoms with E-state index in [9.17, 15) is 0 Å². The number of nitrogens with two attached hydrogens (primary N) is 1. The number of hydrogen-bond acceptors (Lipinski definition) is 3. The van der Waals surface area contributed by atoms with E-state index < -0.39 is 0 Å². The van der Waals surface area contributed by atoms with Crippen LogP contribution in [0.2, 0.25) is 0 Å². The van der Waals surface area contributed by atoms with Crippen LogP contribution in [0.1, 0.15) is 20.3 Å². The van der Waals surface area contributed by atoms with Gasteiger partial charge in [-0.15, -0.1) is 0 Å². The minimum Gasteiger partial charge on any atom is -0.398 e. The van der Waals surface area contributed by atoms with E-state index in [1.807, 2.05) is 24.4 Å². The van der Waals surface area contributed by atoms with Crippen LogP contribution in [0.15, 0.2) is 30.6 Å². The number of rotatable bonds is 2. The molecule has 0 radical (unpaired) electrons. The van der Waals surface area contributed by atoms with Gasteiger partial charge in [0.2, 0.25) is 0 Å². The summed E-state index contributed by atoms with van der Waals surface area (Å²) in [6, 6.07) is 6.54. The number of benzene rings is 1. The maximum atomic E-state index is 5.97. The zero-order chi connectivity index (χ0) is 12.0. The zero-order valence-electron chi connectivity index (χ0n) is 10.2. The quantitative estimate of drug-likeness (QED) is 0.775. The molecule has 0 amide bonds. The summed E-state index contributed by atoms with van der Waals surface area (Å²) in [6.07, 6.45) is 4.88. The Kier molecular flexibility index (Phi) is 2.05. The molecule has 1 fully saturated rings. The summed E-state index contributed by atoms with van der Waals surface area (Å²) in [4.78, 5) is 4.18. The van der Waals surface area contributed by atoms with E-state index in [4.69, 9.17) is 5.73 Å².